The molecular weight excluding hydrogens is 358 g/mol. The maximum Gasteiger partial charge on any atom is 0.157 e. The summed E-state index contributed by atoms with van der Waals surface area (Å²) in [6.45, 7) is 0.397. The summed E-state index contributed by atoms with van der Waals surface area (Å²) in [7, 11) is 0. The van der Waals surface area contributed by atoms with E-state index in [1.165, 1.54) is 0 Å². The molecule has 2 aromatic carbocycles. The minimum Gasteiger partial charge on any atom is -0.486 e. The van der Waals surface area contributed by atoms with Crippen molar-refractivity contribution < 1.29 is 4.74 Å². The average Bonchev–Trinajstić information content (AvgIpc) is 2.30. The zero-order valence-electron chi connectivity index (χ0n) is 9.09. The van der Waals surface area contributed by atoms with E-state index in [-0.39, 0.29) is 0 Å². The standard InChI is InChI=1S/C13H8BrCl3O/c14-9-3-1-8(2-4-9)7-18-13-11(16)5-10(15)6-12(13)17/h1-6H,7H2. The van der Waals surface area contributed by atoms with Crippen LogP contribution in [-0.2, 0) is 6.61 Å². The predicted octanol–water partition coefficient (Wildman–Crippen LogP) is 5.99. The van der Waals surface area contributed by atoms with Crippen molar-refractivity contribution in [1.82, 2.24) is 0 Å². The van der Waals surface area contributed by atoms with E-state index >= 15 is 0 Å². The van der Waals surface area contributed by atoms with Gasteiger partial charge in [-0.3, -0.25) is 0 Å². The lowest BCUT2D eigenvalue weighted by Gasteiger charge is -2.10. The van der Waals surface area contributed by atoms with E-state index in [0.717, 1.165) is 10.0 Å². The molecule has 0 saturated heterocycles. The highest BCUT2D eigenvalue weighted by atomic mass is 79.9. The maximum atomic E-state index is 6.02. The molecule has 0 aliphatic carbocycles. The second-order valence-electron chi connectivity index (χ2n) is 3.61. The van der Waals surface area contributed by atoms with Crippen molar-refractivity contribution >= 4 is 50.7 Å². The Labute approximate surface area is 129 Å². The van der Waals surface area contributed by atoms with Crippen LogP contribution in [0.3, 0.4) is 0 Å². The number of ether oxygens (including phenoxy) is 1. The summed E-state index contributed by atoms with van der Waals surface area (Å²) in [5, 5.41) is 1.30. The Balaban J connectivity index is 2.13. The predicted molar refractivity (Wildman–Crippen MR) is 79.9 cm³/mol. The largest absolute Gasteiger partial charge is 0.486 e. The molecule has 5 heteroatoms. The Kier molecular flexibility index (Phi) is 4.79. The third-order valence-corrected chi connectivity index (χ3v) is 3.57. The quantitative estimate of drug-likeness (QED) is 0.648. The zero-order valence-corrected chi connectivity index (χ0v) is 12.9. The lowest BCUT2D eigenvalue weighted by atomic mass is 10.2. The van der Waals surface area contributed by atoms with Gasteiger partial charge in [-0.2, -0.15) is 0 Å². The number of halogens is 4. The summed E-state index contributed by atoms with van der Waals surface area (Å²) in [5.41, 5.74) is 1.03. The van der Waals surface area contributed by atoms with Gasteiger partial charge in [-0.25, -0.2) is 0 Å². The molecule has 0 radical (unpaired) electrons. The van der Waals surface area contributed by atoms with Crippen LogP contribution in [0.25, 0.3) is 0 Å². The summed E-state index contributed by atoms with van der Waals surface area (Å²) in [6, 6.07) is 11.0. The third kappa shape index (κ3) is 3.55. The molecule has 0 heterocycles. The van der Waals surface area contributed by atoms with Crippen molar-refractivity contribution in [2.45, 2.75) is 6.61 Å². The SMILES string of the molecule is Clc1cc(Cl)c(OCc2ccc(Br)cc2)c(Cl)c1. The normalized spacial score (nSPS) is 10.4. The van der Waals surface area contributed by atoms with Gasteiger partial charge in [-0.05, 0) is 29.8 Å². The molecule has 0 saturated carbocycles. The van der Waals surface area contributed by atoms with Crippen LogP contribution in [0.4, 0.5) is 0 Å². The second-order valence-corrected chi connectivity index (χ2v) is 5.78. The van der Waals surface area contributed by atoms with Crippen LogP contribution in [0.5, 0.6) is 5.75 Å². The molecular formula is C13H8BrCl3O. The minimum absolute atomic E-state index is 0.397. The molecule has 0 aliphatic heterocycles. The Hall–Kier alpha value is -0.410. The number of hydrogen-bond donors (Lipinski definition) is 0. The van der Waals surface area contributed by atoms with Crippen molar-refractivity contribution in [1.29, 1.82) is 0 Å². The molecule has 18 heavy (non-hydrogen) atoms. The molecule has 0 unspecified atom stereocenters. The molecule has 2 aromatic rings. The van der Waals surface area contributed by atoms with Crippen molar-refractivity contribution in [3.8, 4) is 5.75 Å². The highest BCUT2D eigenvalue weighted by Crippen LogP contribution is 2.36. The van der Waals surface area contributed by atoms with Gasteiger partial charge in [-0.1, -0.05) is 62.9 Å². The summed E-state index contributed by atoms with van der Waals surface area (Å²) in [6.07, 6.45) is 0. The van der Waals surface area contributed by atoms with E-state index in [1.807, 2.05) is 24.3 Å². The van der Waals surface area contributed by atoms with Gasteiger partial charge in [0.25, 0.3) is 0 Å². The van der Waals surface area contributed by atoms with Crippen LogP contribution >= 0.6 is 50.7 Å². The van der Waals surface area contributed by atoms with Crippen molar-refractivity contribution in [3.63, 3.8) is 0 Å². The van der Waals surface area contributed by atoms with E-state index in [9.17, 15) is 0 Å². The first kappa shape index (κ1) is 14.0. The van der Waals surface area contributed by atoms with Crippen LogP contribution in [0.1, 0.15) is 5.56 Å². The highest BCUT2D eigenvalue weighted by Gasteiger charge is 2.09. The minimum atomic E-state index is 0.397. The fourth-order valence-electron chi connectivity index (χ4n) is 1.40. The lowest BCUT2D eigenvalue weighted by Crippen LogP contribution is -1.96. The maximum absolute atomic E-state index is 6.02. The van der Waals surface area contributed by atoms with Crippen LogP contribution < -0.4 is 4.74 Å². The van der Waals surface area contributed by atoms with E-state index < -0.39 is 0 Å². The first-order chi connectivity index (χ1) is 8.56. The molecule has 0 atom stereocenters. The lowest BCUT2D eigenvalue weighted by molar-refractivity contribution is 0.306. The van der Waals surface area contributed by atoms with E-state index in [1.54, 1.807) is 12.1 Å². The van der Waals surface area contributed by atoms with Gasteiger partial charge in [0.1, 0.15) is 6.61 Å². The van der Waals surface area contributed by atoms with E-state index in [2.05, 4.69) is 15.9 Å². The van der Waals surface area contributed by atoms with Crippen LogP contribution in [0.15, 0.2) is 40.9 Å². The first-order valence-corrected chi connectivity index (χ1v) is 7.01. The Morgan fingerprint density at radius 3 is 2.06 bits per heavy atom. The van der Waals surface area contributed by atoms with Gasteiger partial charge >= 0.3 is 0 Å². The van der Waals surface area contributed by atoms with Crippen LogP contribution in [-0.4, -0.2) is 0 Å². The van der Waals surface area contributed by atoms with Gasteiger partial charge in [0.05, 0.1) is 10.0 Å². The summed E-state index contributed by atoms with van der Waals surface area (Å²) >= 11 is 21.3. The van der Waals surface area contributed by atoms with Gasteiger partial charge in [0, 0.05) is 9.50 Å². The van der Waals surface area contributed by atoms with Gasteiger partial charge in [0.15, 0.2) is 5.75 Å². The molecule has 2 rings (SSSR count). The number of benzene rings is 2. The van der Waals surface area contributed by atoms with Gasteiger partial charge in [0.2, 0.25) is 0 Å². The summed E-state index contributed by atoms with van der Waals surface area (Å²) in [4.78, 5) is 0. The Bertz CT molecular complexity index is 532. The van der Waals surface area contributed by atoms with Gasteiger partial charge < -0.3 is 4.74 Å². The summed E-state index contributed by atoms with van der Waals surface area (Å²) < 4.78 is 6.63. The van der Waals surface area contributed by atoms with Crippen molar-refractivity contribution in [3.05, 3.63) is 61.5 Å². The van der Waals surface area contributed by atoms with Gasteiger partial charge in [-0.15, -0.1) is 0 Å². The second kappa shape index (κ2) is 6.16. The highest BCUT2D eigenvalue weighted by molar-refractivity contribution is 9.10. The fourth-order valence-corrected chi connectivity index (χ4v) is 2.59. The molecule has 0 fully saturated rings. The molecule has 1 nitrogen and oxygen atoms in total. The average molecular weight is 366 g/mol. The number of hydrogen-bond acceptors (Lipinski definition) is 1. The Morgan fingerprint density at radius 1 is 0.944 bits per heavy atom. The molecule has 0 aliphatic rings. The molecule has 0 aromatic heterocycles. The fraction of sp³-hybridized carbons (Fsp3) is 0.0769. The molecule has 94 valence electrons. The number of rotatable bonds is 3. The molecule has 0 N–H and O–H groups in total. The van der Waals surface area contributed by atoms with E-state index in [0.29, 0.717) is 27.4 Å². The van der Waals surface area contributed by atoms with Crippen molar-refractivity contribution in [2.24, 2.45) is 0 Å². The zero-order chi connectivity index (χ0) is 13.1. The third-order valence-electron chi connectivity index (χ3n) is 2.26. The topological polar surface area (TPSA) is 9.23 Å². The smallest absolute Gasteiger partial charge is 0.157 e. The van der Waals surface area contributed by atoms with Crippen LogP contribution in [0, 0.1) is 0 Å². The monoisotopic (exact) mass is 364 g/mol. The van der Waals surface area contributed by atoms with Crippen molar-refractivity contribution in [2.75, 3.05) is 0 Å². The first-order valence-electron chi connectivity index (χ1n) is 5.08. The molecule has 0 amide bonds. The Morgan fingerprint density at radius 2 is 1.50 bits per heavy atom. The molecule has 0 spiro atoms. The van der Waals surface area contributed by atoms with Crippen LogP contribution in [0.2, 0.25) is 15.1 Å². The summed E-state index contributed by atoms with van der Waals surface area (Å²) in [5.74, 6) is 0.450. The van der Waals surface area contributed by atoms with E-state index in [4.69, 9.17) is 39.5 Å². The molecule has 0 bridgehead atoms.